The van der Waals surface area contributed by atoms with Crippen LogP contribution < -0.4 is 16.0 Å². The molecular formula is C17H20FN5O3. The predicted molar refractivity (Wildman–Crippen MR) is 94.2 cm³/mol. The summed E-state index contributed by atoms with van der Waals surface area (Å²) < 4.78 is 13.5. The van der Waals surface area contributed by atoms with Crippen molar-refractivity contribution >= 4 is 17.8 Å². The van der Waals surface area contributed by atoms with Gasteiger partial charge in [0.05, 0.1) is 31.0 Å². The first kappa shape index (κ1) is 18.0. The van der Waals surface area contributed by atoms with Crippen molar-refractivity contribution in [3.8, 4) is 11.3 Å². The monoisotopic (exact) mass is 361 g/mol. The number of carbonyl (C=O) groups is 1. The van der Waals surface area contributed by atoms with E-state index < -0.39 is 11.6 Å². The van der Waals surface area contributed by atoms with Gasteiger partial charge >= 0.3 is 6.03 Å². The molecule has 0 atom stereocenters. The number of carbonyl (C=O) groups excluding carboxylic acids is 1. The van der Waals surface area contributed by atoms with Crippen LogP contribution in [0.5, 0.6) is 0 Å². The molecule has 1 aliphatic heterocycles. The van der Waals surface area contributed by atoms with Crippen molar-refractivity contribution in [3.63, 3.8) is 0 Å². The second kappa shape index (κ2) is 6.85. The van der Waals surface area contributed by atoms with Crippen molar-refractivity contribution in [3.05, 3.63) is 35.1 Å². The fourth-order valence-corrected chi connectivity index (χ4v) is 2.65. The third-order valence-electron chi connectivity index (χ3n) is 4.22. The van der Waals surface area contributed by atoms with Crippen molar-refractivity contribution < 1.29 is 19.4 Å². The number of benzene rings is 1. The Morgan fingerprint density at radius 3 is 2.69 bits per heavy atom. The number of rotatable bonds is 5. The van der Waals surface area contributed by atoms with Crippen LogP contribution in [0.4, 0.5) is 21.0 Å². The summed E-state index contributed by atoms with van der Waals surface area (Å²) in [5.41, 5.74) is 1.53. The number of aliphatic hydroxyl groups is 2. The van der Waals surface area contributed by atoms with Gasteiger partial charge < -0.3 is 20.8 Å². The van der Waals surface area contributed by atoms with E-state index in [4.69, 9.17) is 0 Å². The number of amides is 2. The maximum atomic E-state index is 13.5. The van der Waals surface area contributed by atoms with Crippen LogP contribution in [-0.2, 0) is 6.54 Å². The lowest BCUT2D eigenvalue weighted by atomic mass is 10.0. The SMILES string of the molecule is Cc1cc(F)ccc1-c1nc(NC(C)(CO)CO)nc2c1CNC(=O)N2. The lowest BCUT2D eigenvalue weighted by Crippen LogP contribution is -2.43. The van der Waals surface area contributed by atoms with Crippen molar-refractivity contribution in [2.75, 3.05) is 23.8 Å². The van der Waals surface area contributed by atoms with Crippen molar-refractivity contribution in [1.82, 2.24) is 15.3 Å². The third-order valence-corrected chi connectivity index (χ3v) is 4.22. The van der Waals surface area contributed by atoms with Crippen LogP contribution in [0, 0.1) is 12.7 Å². The summed E-state index contributed by atoms with van der Waals surface area (Å²) in [6, 6.07) is 3.96. The molecule has 3 rings (SSSR count). The predicted octanol–water partition coefficient (Wildman–Crippen LogP) is 1.38. The second-order valence-electron chi connectivity index (χ2n) is 6.49. The summed E-state index contributed by atoms with van der Waals surface area (Å²) in [4.78, 5) is 20.4. The van der Waals surface area contributed by atoms with Gasteiger partial charge in [-0.15, -0.1) is 0 Å². The summed E-state index contributed by atoms with van der Waals surface area (Å²) in [7, 11) is 0. The Morgan fingerprint density at radius 2 is 2.04 bits per heavy atom. The van der Waals surface area contributed by atoms with Crippen LogP contribution in [0.1, 0.15) is 18.1 Å². The highest BCUT2D eigenvalue weighted by Gasteiger charge is 2.27. The van der Waals surface area contributed by atoms with Gasteiger partial charge in [0.1, 0.15) is 11.6 Å². The minimum absolute atomic E-state index is 0.135. The normalized spacial score (nSPS) is 13.7. The zero-order valence-electron chi connectivity index (χ0n) is 14.4. The summed E-state index contributed by atoms with van der Waals surface area (Å²) in [5.74, 6) is 0.102. The Labute approximate surface area is 149 Å². The molecule has 2 aromatic rings. The van der Waals surface area contributed by atoms with Gasteiger partial charge in [-0.25, -0.2) is 14.2 Å². The largest absolute Gasteiger partial charge is 0.394 e. The quantitative estimate of drug-likeness (QED) is 0.549. The third kappa shape index (κ3) is 3.44. The molecule has 0 saturated carbocycles. The lowest BCUT2D eigenvalue weighted by molar-refractivity contribution is 0.147. The van der Waals surface area contributed by atoms with Crippen molar-refractivity contribution in [2.45, 2.75) is 25.9 Å². The van der Waals surface area contributed by atoms with Crippen LogP contribution in [0.25, 0.3) is 11.3 Å². The minimum atomic E-state index is -1.04. The Hall–Kier alpha value is -2.78. The number of hydrogen-bond donors (Lipinski definition) is 5. The lowest BCUT2D eigenvalue weighted by Gasteiger charge is -2.28. The summed E-state index contributed by atoms with van der Waals surface area (Å²) in [6.07, 6.45) is 0. The second-order valence-corrected chi connectivity index (χ2v) is 6.49. The molecule has 9 heteroatoms. The molecule has 0 fully saturated rings. The van der Waals surface area contributed by atoms with Gasteiger partial charge in [-0.05, 0) is 37.6 Å². The van der Waals surface area contributed by atoms with Gasteiger partial charge in [0, 0.05) is 11.1 Å². The zero-order valence-corrected chi connectivity index (χ0v) is 14.4. The molecule has 138 valence electrons. The average Bonchev–Trinajstić information content (AvgIpc) is 2.60. The van der Waals surface area contributed by atoms with Crippen molar-refractivity contribution in [1.29, 1.82) is 0 Å². The molecule has 5 N–H and O–H groups in total. The summed E-state index contributed by atoms with van der Waals surface area (Å²) in [5, 5.41) is 27.2. The van der Waals surface area contributed by atoms with Crippen LogP contribution in [0.2, 0.25) is 0 Å². The fourth-order valence-electron chi connectivity index (χ4n) is 2.65. The number of urea groups is 1. The zero-order chi connectivity index (χ0) is 18.9. The van der Waals surface area contributed by atoms with Crippen LogP contribution in [0.3, 0.4) is 0 Å². The van der Waals surface area contributed by atoms with Gasteiger partial charge in [-0.3, -0.25) is 5.32 Å². The number of halogens is 1. The van der Waals surface area contributed by atoms with Crippen LogP contribution in [0.15, 0.2) is 18.2 Å². The Kier molecular flexibility index (Phi) is 4.75. The van der Waals surface area contributed by atoms with E-state index in [1.807, 2.05) is 0 Å². The highest BCUT2D eigenvalue weighted by Crippen LogP contribution is 2.32. The topological polar surface area (TPSA) is 119 Å². The average molecular weight is 361 g/mol. The first-order valence-corrected chi connectivity index (χ1v) is 8.07. The van der Waals surface area contributed by atoms with Gasteiger partial charge in [-0.1, -0.05) is 0 Å². The van der Waals surface area contributed by atoms with E-state index >= 15 is 0 Å². The number of nitrogens with one attached hydrogen (secondary N) is 3. The maximum absolute atomic E-state index is 13.5. The molecule has 0 saturated heterocycles. The maximum Gasteiger partial charge on any atom is 0.320 e. The fraction of sp³-hybridized carbons (Fsp3) is 0.353. The molecule has 0 spiro atoms. The number of aliphatic hydroxyl groups excluding tert-OH is 2. The first-order chi connectivity index (χ1) is 12.3. The molecule has 1 aromatic heterocycles. The molecule has 0 aliphatic carbocycles. The molecule has 26 heavy (non-hydrogen) atoms. The van der Waals surface area contributed by atoms with E-state index in [0.29, 0.717) is 28.2 Å². The molecular weight excluding hydrogens is 341 g/mol. The smallest absolute Gasteiger partial charge is 0.320 e. The van der Waals surface area contributed by atoms with E-state index in [1.165, 1.54) is 12.1 Å². The van der Waals surface area contributed by atoms with E-state index in [9.17, 15) is 19.4 Å². The number of hydrogen-bond acceptors (Lipinski definition) is 6. The van der Waals surface area contributed by atoms with Gasteiger partial charge in [0.25, 0.3) is 0 Å². The Bertz CT molecular complexity index is 855. The Balaban J connectivity index is 2.14. The molecule has 0 radical (unpaired) electrons. The van der Waals surface area contributed by atoms with Crippen molar-refractivity contribution in [2.24, 2.45) is 0 Å². The number of aryl methyl sites for hydroxylation is 1. The molecule has 1 aromatic carbocycles. The van der Waals surface area contributed by atoms with E-state index in [0.717, 1.165) is 0 Å². The highest BCUT2D eigenvalue weighted by molar-refractivity contribution is 5.93. The van der Waals surface area contributed by atoms with Gasteiger partial charge in [-0.2, -0.15) is 4.98 Å². The molecule has 2 amide bonds. The number of anilines is 2. The highest BCUT2D eigenvalue weighted by atomic mass is 19.1. The summed E-state index contributed by atoms with van der Waals surface area (Å²) in [6.45, 7) is 2.91. The molecule has 1 aliphatic rings. The molecule has 2 heterocycles. The molecule has 0 bridgehead atoms. The van der Waals surface area contributed by atoms with E-state index in [-0.39, 0.29) is 31.5 Å². The minimum Gasteiger partial charge on any atom is -0.394 e. The van der Waals surface area contributed by atoms with Crippen LogP contribution in [-0.4, -0.2) is 45.0 Å². The summed E-state index contributed by atoms with van der Waals surface area (Å²) >= 11 is 0. The molecule has 0 unspecified atom stereocenters. The van der Waals surface area contributed by atoms with E-state index in [2.05, 4.69) is 25.9 Å². The Morgan fingerprint density at radius 1 is 1.31 bits per heavy atom. The first-order valence-electron chi connectivity index (χ1n) is 8.07. The van der Waals surface area contributed by atoms with Gasteiger partial charge in [0.2, 0.25) is 5.95 Å². The van der Waals surface area contributed by atoms with Gasteiger partial charge in [0.15, 0.2) is 0 Å². The molecule has 8 nitrogen and oxygen atoms in total. The number of fused-ring (bicyclic) bond motifs is 1. The standard InChI is InChI=1S/C17H20FN5O3/c1-9-5-10(18)3-4-11(9)13-12-6-19-16(26)22-14(12)21-15(20-13)23-17(2,7-24)8-25/h3-5,24-25H,6-8H2,1-2H3,(H3,19,20,21,22,23,26). The number of nitrogens with zero attached hydrogens (tertiary/aromatic N) is 2. The number of aromatic nitrogens is 2. The van der Waals surface area contributed by atoms with Crippen LogP contribution >= 0.6 is 0 Å². The van der Waals surface area contributed by atoms with E-state index in [1.54, 1.807) is 19.9 Å².